The number of benzene rings is 1. The number of nitrogens with two attached hydrogens (primary N) is 1. The quantitative estimate of drug-likeness (QED) is 0.461. The number of aromatic nitrogens is 2. The van der Waals surface area contributed by atoms with Crippen LogP contribution in [-0.2, 0) is 6.42 Å². The first-order valence-corrected chi connectivity index (χ1v) is 8.66. The SMILES string of the molecule is CCCCCNC(Cc1ccc(O)cc1)C(=O)c1cnc(N)nc1C.O. The fourth-order valence-corrected chi connectivity index (χ4v) is 2.69. The molecule has 0 aliphatic carbocycles. The van der Waals surface area contributed by atoms with E-state index in [0.717, 1.165) is 31.4 Å². The molecule has 1 atom stereocenters. The van der Waals surface area contributed by atoms with Crippen LogP contribution in [0, 0.1) is 6.92 Å². The molecule has 0 spiro atoms. The lowest BCUT2D eigenvalue weighted by Gasteiger charge is -2.19. The molecule has 1 aromatic heterocycles. The van der Waals surface area contributed by atoms with Gasteiger partial charge in [0.05, 0.1) is 17.3 Å². The van der Waals surface area contributed by atoms with Crippen LogP contribution < -0.4 is 11.1 Å². The zero-order valence-corrected chi connectivity index (χ0v) is 15.3. The van der Waals surface area contributed by atoms with Gasteiger partial charge < -0.3 is 21.6 Å². The highest BCUT2D eigenvalue weighted by Crippen LogP contribution is 2.15. The average Bonchev–Trinajstić information content (AvgIpc) is 2.59. The summed E-state index contributed by atoms with van der Waals surface area (Å²) >= 11 is 0. The first-order chi connectivity index (χ1) is 12.0. The van der Waals surface area contributed by atoms with Gasteiger partial charge in [0.15, 0.2) is 5.78 Å². The van der Waals surface area contributed by atoms with Crippen molar-refractivity contribution in [1.82, 2.24) is 15.3 Å². The van der Waals surface area contributed by atoms with Crippen LogP contribution in [0.15, 0.2) is 30.5 Å². The third-order valence-corrected chi connectivity index (χ3v) is 4.13. The van der Waals surface area contributed by atoms with Crippen molar-refractivity contribution in [2.45, 2.75) is 45.6 Å². The summed E-state index contributed by atoms with van der Waals surface area (Å²) in [7, 11) is 0. The number of carbonyl (C=O) groups excluding carboxylic acids is 1. The number of rotatable bonds is 9. The van der Waals surface area contributed by atoms with E-state index in [0.29, 0.717) is 17.7 Å². The Balaban J connectivity index is 0.00000338. The molecule has 1 heterocycles. The van der Waals surface area contributed by atoms with Crippen LogP contribution in [0.5, 0.6) is 5.75 Å². The van der Waals surface area contributed by atoms with Gasteiger partial charge in [-0.3, -0.25) is 4.79 Å². The van der Waals surface area contributed by atoms with Crippen LogP contribution in [0.2, 0.25) is 0 Å². The van der Waals surface area contributed by atoms with Crippen LogP contribution in [0.3, 0.4) is 0 Å². The van der Waals surface area contributed by atoms with E-state index in [-0.39, 0.29) is 29.0 Å². The monoisotopic (exact) mass is 360 g/mol. The van der Waals surface area contributed by atoms with E-state index in [1.807, 2.05) is 12.1 Å². The molecule has 7 heteroatoms. The minimum absolute atomic E-state index is 0. The maximum atomic E-state index is 13.0. The maximum Gasteiger partial charge on any atom is 0.220 e. The van der Waals surface area contributed by atoms with Crippen LogP contribution >= 0.6 is 0 Å². The van der Waals surface area contributed by atoms with E-state index >= 15 is 0 Å². The third kappa shape index (κ3) is 6.09. The topological polar surface area (TPSA) is 133 Å². The summed E-state index contributed by atoms with van der Waals surface area (Å²) in [5, 5.41) is 12.8. The van der Waals surface area contributed by atoms with Crippen LogP contribution in [0.4, 0.5) is 5.95 Å². The zero-order valence-electron chi connectivity index (χ0n) is 15.3. The highest BCUT2D eigenvalue weighted by molar-refractivity contribution is 6.01. The van der Waals surface area contributed by atoms with Gasteiger partial charge >= 0.3 is 0 Å². The summed E-state index contributed by atoms with van der Waals surface area (Å²) in [5.41, 5.74) is 7.64. The van der Waals surface area contributed by atoms with Gasteiger partial charge in [0, 0.05) is 6.20 Å². The second kappa shape index (κ2) is 10.5. The van der Waals surface area contributed by atoms with E-state index in [2.05, 4.69) is 22.2 Å². The van der Waals surface area contributed by atoms with Crippen molar-refractivity contribution in [3.8, 4) is 5.75 Å². The van der Waals surface area contributed by atoms with Crippen molar-refractivity contribution >= 4 is 11.7 Å². The molecule has 7 nitrogen and oxygen atoms in total. The number of phenolic OH excluding ortho intramolecular Hbond substituents is 1. The Labute approximate surface area is 154 Å². The maximum absolute atomic E-state index is 13.0. The summed E-state index contributed by atoms with van der Waals surface area (Å²) in [6.07, 6.45) is 5.31. The normalized spacial score (nSPS) is 11.6. The molecule has 0 radical (unpaired) electrons. The zero-order chi connectivity index (χ0) is 18.2. The summed E-state index contributed by atoms with van der Waals surface area (Å²) in [6, 6.07) is 6.55. The highest BCUT2D eigenvalue weighted by atomic mass is 16.3. The van der Waals surface area contributed by atoms with Crippen molar-refractivity contribution in [2.24, 2.45) is 0 Å². The number of hydrogen-bond acceptors (Lipinski definition) is 6. The van der Waals surface area contributed by atoms with Crippen molar-refractivity contribution in [3.63, 3.8) is 0 Å². The van der Waals surface area contributed by atoms with Crippen LogP contribution in [-0.4, -0.2) is 38.9 Å². The fraction of sp³-hybridized carbons (Fsp3) is 0.421. The smallest absolute Gasteiger partial charge is 0.220 e. The molecular weight excluding hydrogens is 332 g/mol. The van der Waals surface area contributed by atoms with E-state index in [1.54, 1.807) is 19.1 Å². The first-order valence-electron chi connectivity index (χ1n) is 8.66. The second-order valence-electron chi connectivity index (χ2n) is 6.18. The average molecular weight is 360 g/mol. The number of nitrogens with zero attached hydrogens (tertiary/aromatic N) is 2. The molecule has 0 amide bonds. The summed E-state index contributed by atoms with van der Waals surface area (Å²) in [5.74, 6) is 0.340. The molecule has 142 valence electrons. The number of ketones is 1. The Morgan fingerprint density at radius 1 is 1.27 bits per heavy atom. The Morgan fingerprint density at radius 3 is 2.58 bits per heavy atom. The van der Waals surface area contributed by atoms with E-state index in [4.69, 9.17) is 5.73 Å². The predicted octanol–water partition coefficient (Wildman–Crippen LogP) is 1.82. The van der Waals surface area contributed by atoms with Crippen molar-refractivity contribution in [3.05, 3.63) is 47.3 Å². The van der Waals surface area contributed by atoms with Gasteiger partial charge in [-0.15, -0.1) is 0 Å². The Bertz CT molecular complexity index is 704. The number of carbonyl (C=O) groups is 1. The molecule has 26 heavy (non-hydrogen) atoms. The number of aryl methyl sites for hydroxylation is 1. The second-order valence-corrected chi connectivity index (χ2v) is 6.18. The molecule has 1 aromatic carbocycles. The van der Waals surface area contributed by atoms with Crippen LogP contribution in [0.25, 0.3) is 0 Å². The van der Waals surface area contributed by atoms with Gasteiger partial charge in [0.2, 0.25) is 5.95 Å². The highest BCUT2D eigenvalue weighted by Gasteiger charge is 2.22. The lowest BCUT2D eigenvalue weighted by molar-refractivity contribution is 0.0941. The summed E-state index contributed by atoms with van der Waals surface area (Å²) < 4.78 is 0. The number of nitrogens with one attached hydrogen (secondary N) is 1. The lowest BCUT2D eigenvalue weighted by atomic mass is 9.97. The Morgan fingerprint density at radius 2 is 1.96 bits per heavy atom. The van der Waals surface area contributed by atoms with E-state index < -0.39 is 0 Å². The van der Waals surface area contributed by atoms with Gasteiger partial charge in [-0.1, -0.05) is 31.9 Å². The molecule has 0 bridgehead atoms. The molecule has 6 N–H and O–H groups in total. The van der Waals surface area contributed by atoms with Gasteiger partial charge in [-0.05, 0) is 44.0 Å². The number of Topliss-reactive ketones (excluding diaryl/α,β-unsaturated/α-hetero) is 1. The molecule has 2 rings (SSSR count). The van der Waals surface area contributed by atoms with E-state index in [9.17, 15) is 9.90 Å². The van der Waals surface area contributed by atoms with Gasteiger partial charge in [0.25, 0.3) is 0 Å². The number of anilines is 1. The van der Waals surface area contributed by atoms with Gasteiger partial charge in [0.1, 0.15) is 5.75 Å². The summed E-state index contributed by atoms with van der Waals surface area (Å²) in [4.78, 5) is 21.0. The molecule has 0 aliphatic heterocycles. The number of hydrogen-bond donors (Lipinski definition) is 3. The molecule has 1 unspecified atom stereocenters. The molecule has 2 aromatic rings. The van der Waals surface area contributed by atoms with E-state index in [1.165, 1.54) is 6.20 Å². The molecular formula is C19H28N4O3. The van der Waals surface area contributed by atoms with Crippen molar-refractivity contribution in [2.75, 3.05) is 12.3 Å². The largest absolute Gasteiger partial charge is 0.508 e. The minimum Gasteiger partial charge on any atom is -0.508 e. The third-order valence-electron chi connectivity index (χ3n) is 4.13. The van der Waals surface area contributed by atoms with Crippen LogP contribution in [0.1, 0.15) is 47.8 Å². The number of phenols is 1. The fourth-order valence-electron chi connectivity index (χ4n) is 2.69. The minimum atomic E-state index is -0.368. The Kier molecular flexibility index (Phi) is 8.67. The number of nitrogen functional groups attached to an aromatic ring is 1. The standard InChI is InChI=1S/C19H26N4O2.H2O/c1-3-4-5-10-21-17(11-14-6-8-15(24)9-7-14)18(25)16-12-22-19(20)23-13(16)2;/h6-9,12,17,21,24H,3-5,10-11H2,1-2H3,(H2,20,22,23);1H2. The van der Waals surface area contributed by atoms with Crippen molar-refractivity contribution in [1.29, 1.82) is 0 Å². The van der Waals surface area contributed by atoms with Crippen molar-refractivity contribution < 1.29 is 15.4 Å². The molecule has 0 fully saturated rings. The number of unbranched alkanes of at least 4 members (excludes halogenated alkanes) is 2. The molecule has 0 saturated heterocycles. The molecule has 0 aliphatic rings. The lowest BCUT2D eigenvalue weighted by Crippen LogP contribution is -2.39. The predicted molar refractivity (Wildman–Crippen MR) is 102 cm³/mol. The summed E-state index contributed by atoms with van der Waals surface area (Å²) in [6.45, 7) is 4.69. The number of aromatic hydroxyl groups is 1. The van der Waals surface area contributed by atoms with Gasteiger partial charge in [-0.2, -0.15) is 0 Å². The first kappa shape index (κ1) is 21.5. The Hall–Kier alpha value is -2.51. The van der Waals surface area contributed by atoms with Gasteiger partial charge in [-0.25, -0.2) is 9.97 Å². The molecule has 0 saturated carbocycles.